The number of aromatic hydroxyl groups is 2. The highest BCUT2D eigenvalue weighted by Crippen LogP contribution is 2.49. The van der Waals surface area contributed by atoms with E-state index in [1.165, 1.54) is 12.1 Å². The Labute approximate surface area is 175 Å². The lowest BCUT2D eigenvalue weighted by molar-refractivity contribution is 0.0250. The van der Waals surface area contributed by atoms with Crippen LogP contribution < -0.4 is 9.47 Å². The molecule has 0 amide bonds. The summed E-state index contributed by atoms with van der Waals surface area (Å²) in [6, 6.07) is 14.3. The van der Waals surface area contributed by atoms with Gasteiger partial charge in [0.25, 0.3) is 0 Å². The summed E-state index contributed by atoms with van der Waals surface area (Å²) in [6.45, 7) is 4.25. The van der Waals surface area contributed by atoms with E-state index in [0.717, 1.165) is 0 Å². The number of cyclic esters (lactones) is 1. The molecule has 0 spiro atoms. The van der Waals surface area contributed by atoms with Crippen LogP contribution in [0.25, 0.3) is 0 Å². The minimum atomic E-state index is -1.48. The van der Waals surface area contributed by atoms with Crippen LogP contribution in [0, 0.1) is 0 Å². The Morgan fingerprint density at radius 2 is 1.50 bits per heavy atom. The number of hydrogen-bond acceptors (Lipinski definition) is 6. The number of carbonyl (C=O) groups excluding carboxylic acids is 1. The largest absolute Gasteiger partial charge is 0.504 e. The first-order chi connectivity index (χ1) is 14.9. The summed E-state index contributed by atoms with van der Waals surface area (Å²) in [5.74, 6) is -0.207. The first-order valence-corrected chi connectivity index (χ1v) is 9.68. The number of fused-ring (bicyclic) bond motifs is 1. The van der Waals surface area contributed by atoms with Gasteiger partial charge in [0, 0.05) is 16.7 Å². The van der Waals surface area contributed by atoms with Crippen molar-refractivity contribution in [1.82, 2.24) is 0 Å². The fraction of sp³-hybridized carbons (Fsp3) is 0.208. The molecule has 30 heavy (non-hydrogen) atoms. The first-order valence-electron chi connectivity index (χ1n) is 10.2. The van der Waals surface area contributed by atoms with E-state index in [0.29, 0.717) is 29.9 Å². The Hall–Kier alpha value is -3.67. The van der Waals surface area contributed by atoms with Crippen molar-refractivity contribution in [3.05, 3.63) is 82.9 Å². The van der Waals surface area contributed by atoms with Crippen molar-refractivity contribution in [3.63, 3.8) is 0 Å². The maximum absolute atomic E-state index is 12.9. The van der Waals surface area contributed by atoms with Crippen molar-refractivity contribution in [2.45, 2.75) is 19.4 Å². The normalized spacial score (nSPS) is 14.6. The molecule has 0 fully saturated rings. The van der Waals surface area contributed by atoms with Crippen LogP contribution in [0.1, 0.15) is 42.3 Å². The lowest BCUT2D eigenvalue weighted by Gasteiger charge is -2.31. The predicted octanol–water partition coefficient (Wildman–Crippen LogP) is 4.36. The van der Waals surface area contributed by atoms with Gasteiger partial charge in [-0.25, -0.2) is 4.79 Å². The molecule has 0 aromatic heterocycles. The highest BCUT2D eigenvalue weighted by atomic mass is 16.6. The summed E-state index contributed by atoms with van der Waals surface area (Å²) < 4.78 is 25.6. The molecule has 0 atom stereocenters. The zero-order valence-electron chi connectivity index (χ0n) is 17.6. The van der Waals surface area contributed by atoms with Crippen molar-refractivity contribution in [3.8, 4) is 23.0 Å². The van der Waals surface area contributed by atoms with Gasteiger partial charge in [-0.05, 0) is 44.2 Å². The summed E-state index contributed by atoms with van der Waals surface area (Å²) in [6.07, 6.45) is 0. The Morgan fingerprint density at radius 3 is 2.03 bits per heavy atom. The molecule has 0 saturated heterocycles. The Balaban J connectivity index is 2.05. The van der Waals surface area contributed by atoms with Gasteiger partial charge in [0.1, 0.15) is 0 Å². The smallest absolute Gasteiger partial charge is 0.340 e. The second-order valence-electron chi connectivity index (χ2n) is 6.76. The average Bonchev–Trinajstić information content (AvgIpc) is 3.06. The topological polar surface area (TPSA) is 85.2 Å². The molecule has 1 aliphatic rings. The maximum Gasteiger partial charge on any atom is 0.340 e. The molecule has 154 valence electrons. The molecule has 0 unspecified atom stereocenters. The minimum absolute atomic E-state index is 0.0508. The number of benzene rings is 3. The third-order valence-electron chi connectivity index (χ3n) is 5.01. The zero-order valence-corrected chi connectivity index (χ0v) is 16.6. The fourth-order valence-electron chi connectivity index (χ4n) is 3.72. The van der Waals surface area contributed by atoms with Gasteiger partial charge >= 0.3 is 5.97 Å². The monoisotopic (exact) mass is 408 g/mol. The lowest BCUT2D eigenvalue weighted by atomic mass is 9.79. The molecule has 2 N–H and O–H groups in total. The van der Waals surface area contributed by atoms with Crippen molar-refractivity contribution < 1.29 is 30.6 Å². The van der Waals surface area contributed by atoms with E-state index in [-0.39, 0.29) is 34.6 Å². The molecule has 4 rings (SSSR count). The summed E-state index contributed by atoms with van der Waals surface area (Å²) in [7, 11) is 0. The van der Waals surface area contributed by atoms with Crippen molar-refractivity contribution in [2.75, 3.05) is 13.2 Å². The Bertz CT molecular complexity index is 1100. The highest BCUT2D eigenvalue weighted by molar-refractivity contribution is 5.96. The number of hydrogen-bond donors (Lipinski definition) is 2. The molecule has 0 bridgehead atoms. The molecular weight excluding hydrogens is 384 g/mol. The summed E-state index contributed by atoms with van der Waals surface area (Å²) in [4.78, 5) is 12.9. The molecular formula is C24H22O6. The molecule has 3 aromatic rings. The fourth-order valence-corrected chi connectivity index (χ4v) is 3.72. The molecule has 6 nitrogen and oxygen atoms in total. The number of ether oxygens (including phenoxy) is 3. The molecule has 1 aliphatic heterocycles. The molecule has 3 aromatic carbocycles. The predicted molar refractivity (Wildman–Crippen MR) is 110 cm³/mol. The van der Waals surface area contributed by atoms with Gasteiger partial charge in [-0.2, -0.15) is 0 Å². The molecule has 0 aliphatic carbocycles. The van der Waals surface area contributed by atoms with Crippen LogP contribution in [-0.2, 0) is 10.3 Å². The standard InChI is InChI=1S/C24H22O6/c1-3-28-21-13-15(9-11-19(21)25)24(16-10-12-20(26)22(14-16)29-4-2)18-8-6-5-7-17(18)23(27)30-24/h5-14,25-26H,3-4H2,1-2H3/i8T. The van der Waals surface area contributed by atoms with Crippen molar-refractivity contribution in [1.29, 1.82) is 0 Å². The van der Waals surface area contributed by atoms with Crippen LogP contribution in [0.4, 0.5) is 0 Å². The van der Waals surface area contributed by atoms with E-state index in [1.807, 2.05) is 0 Å². The molecule has 1 heterocycles. The number of carbonyl (C=O) groups is 1. The van der Waals surface area contributed by atoms with Crippen LogP contribution in [0.3, 0.4) is 0 Å². The third-order valence-corrected chi connectivity index (χ3v) is 5.01. The van der Waals surface area contributed by atoms with Crippen molar-refractivity contribution in [2.24, 2.45) is 0 Å². The SMILES string of the molecule is [3H]c1cccc2c1C(c1ccc(O)c(OCC)c1)(c1ccc(O)c(OCC)c1)OC2=O. The summed E-state index contributed by atoms with van der Waals surface area (Å²) in [5.41, 5.74) is 0.164. The van der Waals surface area contributed by atoms with Gasteiger partial charge in [-0.3, -0.25) is 0 Å². The minimum Gasteiger partial charge on any atom is -0.504 e. The van der Waals surface area contributed by atoms with Crippen LogP contribution in [0.5, 0.6) is 23.0 Å². The molecule has 0 saturated carbocycles. The van der Waals surface area contributed by atoms with Gasteiger partial charge in [0.2, 0.25) is 0 Å². The number of esters is 1. The summed E-state index contributed by atoms with van der Waals surface area (Å²) >= 11 is 0. The lowest BCUT2D eigenvalue weighted by Crippen LogP contribution is -2.29. The van der Waals surface area contributed by atoms with Crippen molar-refractivity contribution >= 4 is 5.97 Å². The van der Waals surface area contributed by atoms with Crippen LogP contribution in [0.2, 0.25) is 0 Å². The summed E-state index contributed by atoms with van der Waals surface area (Å²) in [5, 5.41) is 20.4. The number of phenols is 2. The number of rotatable bonds is 6. The van der Waals surface area contributed by atoms with Gasteiger partial charge in [-0.15, -0.1) is 0 Å². The quantitative estimate of drug-likeness (QED) is 0.590. The van der Waals surface area contributed by atoms with E-state index in [9.17, 15) is 15.0 Å². The van der Waals surface area contributed by atoms with E-state index in [1.54, 1.807) is 56.3 Å². The Morgan fingerprint density at radius 1 is 0.933 bits per heavy atom. The van der Waals surface area contributed by atoms with Crippen LogP contribution in [0.15, 0.2) is 60.6 Å². The Kier molecular flexibility index (Phi) is 4.67. The van der Waals surface area contributed by atoms with Crippen LogP contribution >= 0.6 is 0 Å². The second kappa shape index (κ2) is 7.63. The molecule has 6 heteroatoms. The molecule has 0 radical (unpaired) electrons. The number of phenolic OH excluding ortho intramolecular Hbond substituents is 2. The van der Waals surface area contributed by atoms with Gasteiger partial charge in [0.15, 0.2) is 28.6 Å². The van der Waals surface area contributed by atoms with E-state index < -0.39 is 11.6 Å². The van der Waals surface area contributed by atoms with Crippen LogP contribution in [-0.4, -0.2) is 29.4 Å². The maximum atomic E-state index is 12.9. The second-order valence-corrected chi connectivity index (χ2v) is 6.76. The van der Waals surface area contributed by atoms with Gasteiger partial charge in [0.05, 0.1) is 20.1 Å². The highest BCUT2D eigenvalue weighted by Gasteiger charge is 2.49. The van der Waals surface area contributed by atoms with Gasteiger partial charge < -0.3 is 24.4 Å². The third kappa shape index (κ3) is 3.01. The average molecular weight is 408 g/mol. The van der Waals surface area contributed by atoms with E-state index in [4.69, 9.17) is 15.6 Å². The zero-order chi connectivity index (χ0) is 22.2. The van der Waals surface area contributed by atoms with E-state index >= 15 is 0 Å². The first kappa shape index (κ1) is 18.4. The van der Waals surface area contributed by atoms with E-state index in [2.05, 4.69) is 0 Å². The van der Waals surface area contributed by atoms with Gasteiger partial charge in [-0.1, -0.05) is 30.3 Å².